The largest absolute Gasteiger partial charge is 0.393 e. The quantitative estimate of drug-likeness (QED) is 0.729. The molecule has 0 aliphatic carbocycles. The van der Waals surface area contributed by atoms with Gasteiger partial charge in [-0.2, -0.15) is 0 Å². The van der Waals surface area contributed by atoms with Crippen LogP contribution >= 0.6 is 15.9 Å². The van der Waals surface area contributed by atoms with Gasteiger partial charge in [-0.3, -0.25) is 0 Å². The molecule has 0 radical (unpaired) electrons. The number of nitrogens with zero attached hydrogens (tertiary/aromatic N) is 1. The molecule has 1 aliphatic heterocycles. The summed E-state index contributed by atoms with van der Waals surface area (Å²) in [5.41, 5.74) is 0.450. The van der Waals surface area contributed by atoms with Gasteiger partial charge in [-0.1, -0.05) is 42.6 Å². The normalized spacial score (nSPS) is 19.8. The molecule has 0 saturated carbocycles. The van der Waals surface area contributed by atoms with E-state index in [1.807, 2.05) is 0 Å². The SMILES string of the molecule is CCCC(CBr)(CCC)CN1CCC(O)CC1. The molecule has 1 rings (SSSR count). The molecule has 0 atom stereocenters. The summed E-state index contributed by atoms with van der Waals surface area (Å²) in [6.07, 6.45) is 7.01. The van der Waals surface area contributed by atoms with E-state index < -0.39 is 0 Å². The molecular weight excluding hydrogens is 278 g/mol. The zero-order valence-electron chi connectivity index (χ0n) is 11.4. The van der Waals surface area contributed by atoms with E-state index in [0.717, 1.165) is 31.3 Å². The molecule has 17 heavy (non-hydrogen) atoms. The molecule has 1 aliphatic rings. The van der Waals surface area contributed by atoms with Crippen molar-refractivity contribution in [1.29, 1.82) is 0 Å². The van der Waals surface area contributed by atoms with Crippen molar-refractivity contribution in [3.8, 4) is 0 Å². The van der Waals surface area contributed by atoms with Crippen LogP contribution in [0.4, 0.5) is 0 Å². The van der Waals surface area contributed by atoms with Crippen LogP contribution in [-0.2, 0) is 0 Å². The number of hydrogen-bond donors (Lipinski definition) is 1. The Hall–Kier alpha value is 0.400. The fourth-order valence-electron chi connectivity index (χ4n) is 3.07. The number of hydrogen-bond acceptors (Lipinski definition) is 2. The summed E-state index contributed by atoms with van der Waals surface area (Å²) in [6, 6.07) is 0. The Morgan fingerprint density at radius 3 is 2.12 bits per heavy atom. The molecule has 2 nitrogen and oxygen atoms in total. The Balaban J connectivity index is 2.52. The number of aliphatic hydroxyl groups is 1. The number of aliphatic hydroxyl groups excluding tert-OH is 1. The molecule has 1 fully saturated rings. The third-order valence-electron chi connectivity index (χ3n) is 3.96. The Morgan fingerprint density at radius 1 is 1.18 bits per heavy atom. The number of alkyl halides is 1. The van der Waals surface area contributed by atoms with E-state index in [1.165, 1.54) is 32.2 Å². The van der Waals surface area contributed by atoms with E-state index in [4.69, 9.17) is 0 Å². The lowest BCUT2D eigenvalue weighted by molar-refractivity contribution is 0.0564. The highest BCUT2D eigenvalue weighted by Crippen LogP contribution is 2.33. The van der Waals surface area contributed by atoms with Crippen molar-refractivity contribution >= 4 is 15.9 Å². The third kappa shape index (κ3) is 4.88. The average Bonchev–Trinajstić information content (AvgIpc) is 2.33. The fourth-order valence-corrected chi connectivity index (χ4v) is 3.81. The van der Waals surface area contributed by atoms with Crippen molar-refractivity contribution in [2.24, 2.45) is 5.41 Å². The number of piperidine rings is 1. The van der Waals surface area contributed by atoms with Crippen molar-refractivity contribution in [2.45, 2.75) is 58.5 Å². The van der Waals surface area contributed by atoms with Crippen LogP contribution in [0.5, 0.6) is 0 Å². The Labute approximate surface area is 115 Å². The van der Waals surface area contributed by atoms with E-state index >= 15 is 0 Å². The van der Waals surface area contributed by atoms with Gasteiger partial charge in [-0.15, -0.1) is 0 Å². The number of likely N-dealkylation sites (tertiary alicyclic amines) is 1. The predicted molar refractivity (Wildman–Crippen MR) is 77.7 cm³/mol. The summed E-state index contributed by atoms with van der Waals surface area (Å²) >= 11 is 3.74. The second kappa shape index (κ2) is 7.75. The zero-order valence-corrected chi connectivity index (χ0v) is 13.0. The zero-order chi connectivity index (χ0) is 12.7. The predicted octanol–water partition coefficient (Wildman–Crippen LogP) is 3.42. The van der Waals surface area contributed by atoms with Gasteiger partial charge in [0.25, 0.3) is 0 Å². The van der Waals surface area contributed by atoms with Crippen LogP contribution in [-0.4, -0.2) is 41.1 Å². The second-order valence-electron chi connectivity index (χ2n) is 5.64. The molecule has 1 heterocycles. The van der Waals surface area contributed by atoms with Crippen LogP contribution in [0.3, 0.4) is 0 Å². The van der Waals surface area contributed by atoms with E-state index in [0.29, 0.717) is 5.41 Å². The lowest BCUT2D eigenvalue weighted by Gasteiger charge is -2.39. The molecule has 102 valence electrons. The van der Waals surface area contributed by atoms with E-state index in [2.05, 4.69) is 34.7 Å². The maximum Gasteiger partial charge on any atom is 0.0564 e. The van der Waals surface area contributed by atoms with Crippen molar-refractivity contribution in [3.05, 3.63) is 0 Å². The summed E-state index contributed by atoms with van der Waals surface area (Å²) in [6.45, 7) is 7.92. The summed E-state index contributed by atoms with van der Waals surface area (Å²) in [4.78, 5) is 2.55. The van der Waals surface area contributed by atoms with Gasteiger partial charge in [0.1, 0.15) is 0 Å². The van der Waals surface area contributed by atoms with Gasteiger partial charge in [-0.25, -0.2) is 0 Å². The fraction of sp³-hybridized carbons (Fsp3) is 1.00. The van der Waals surface area contributed by atoms with Crippen LogP contribution in [0.2, 0.25) is 0 Å². The summed E-state index contributed by atoms with van der Waals surface area (Å²) in [7, 11) is 0. The first-order valence-electron chi connectivity index (χ1n) is 7.12. The van der Waals surface area contributed by atoms with E-state index in [1.54, 1.807) is 0 Å². The van der Waals surface area contributed by atoms with Gasteiger partial charge < -0.3 is 10.0 Å². The molecule has 0 aromatic rings. The van der Waals surface area contributed by atoms with Crippen molar-refractivity contribution < 1.29 is 5.11 Å². The minimum atomic E-state index is -0.0537. The van der Waals surface area contributed by atoms with E-state index in [9.17, 15) is 5.11 Å². The van der Waals surface area contributed by atoms with Crippen LogP contribution in [0.1, 0.15) is 52.4 Å². The Bertz CT molecular complexity index is 196. The molecule has 0 spiro atoms. The van der Waals surface area contributed by atoms with Gasteiger partial charge >= 0.3 is 0 Å². The maximum atomic E-state index is 9.55. The molecule has 0 aromatic heterocycles. The monoisotopic (exact) mass is 305 g/mol. The molecule has 0 aromatic carbocycles. The first-order chi connectivity index (χ1) is 8.15. The molecule has 1 N–H and O–H groups in total. The maximum absolute atomic E-state index is 9.55. The summed E-state index contributed by atoms with van der Waals surface area (Å²) in [5.74, 6) is 0. The smallest absolute Gasteiger partial charge is 0.0564 e. The van der Waals surface area contributed by atoms with Gasteiger partial charge in [0.2, 0.25) is 0 Å². The standard InChI is InChI=1S/C14H28BrNO/c1-3-7-14(11-15,8-4-2)12-16-9-5-13(17)6-10-16/h13,17H,3-12H2,1-2H3. The number of halogens is 1. The highest BCUT2D eigenvalue weighted by molar-refractivity contribution is 9.09. The topological polar surface area (TPSA) is 23.5 Å². The van der Waals surface area contributed by atoms with Crippen molar-refractivity contribution in [1.82, 2.24) is 4.90 Å². The average molecular weight is 306 g/mol. The molecule has 1 saturated heterocycles. The number of rotatable bonds is 7. The minimum absolute atomic E-state index is 0.0537. The van der Waals surface area contributed by atoms with Gasteiger partial charge in [0.05, 0.1) is 6.10 Å². The Kier molecular flexibility index (Phi) is 7.05. The minimum Gasteiger partial charge on any atom is -0.393 e. The van der Waals surface area contributed by atoms with Crippen molar-refractivity contribution in [3.63, 3.8) is 0 Å². The first kappa shape index (κ1) is 15.5. The van der Waals surface area contributed by atoms with Gasteiger partial charge in [0, 0.05) is 25.0 Å². The van der Waals surface area contributed by atoms with Crippen LogP contribution in [0.25, 0.3) is 0 Å². The molecule has 3 heteroatoms. The molecule has 0 bridgehead atoms. The van der Waals surface area contributed by atoms with Gasteiger partial charge in [0.15, 0.2) is 0 Å². The van der Waals surface area contributed by atoms with Gasteiger partial charge in [-0.05, 0) is 31.1 Å². The lowest BCUT2D eigenvalue weighted by Crippen LogP contribution is -2.44. The lowest BCUT2D eigenvalue weighted by atomic mass is 9.80. The Morgan fingerprint density at radius 2 is 1.71 bits per heavy atom. The summed E-state index contributed by atoms with van der Waals surface area (Å²) < 4.78 is 0. The van der Waals surface area contributed by atoms with E-state index in [-0.39, 0.29) is 6.10 Å². The molecular formula is C14H28BrNO. The van der Waals surface area contributed by atoms with Crippen LogP contribution < -0.4 is 0 Å². The van der Waals surface area contributed by atoms with Crippen molar-refractivity contribution in [2.75, 3.05) is 25.0 Å². The highest BCUT2D eigenvalue weighted by Gasteiger charge is 2.31. The highest BCUT2D eigenvalue weighted by atomic mass is 79.9. The van der Waals surface area contributed by atoms with Crippen LogP contribution in [0, 0.1) is 5.41 Å². The first-order valence-corrected chi connectivity index (χ1v) is 8.24. The summed E-state index contributed by atoms with van der Waals surface area (Å²) in [5, 5.41) is 10.7. The molecule has 0 unspecified atom stereocenters. The van der Waals surface area contributed by atoms with Crippen LogP contribution in [0.15, 0.2) is 0 Å². The molecule has 0 amide bonds. The third-order valence-corrected chi connectivity index (χ3v) is 5.15. The second-order valence-corrected chi connectivity index (χ2v) is 6.20.